The molecule has 1 aromatic carbocycles. The normalized spacial score (nSPS) is 11.0. The number of hydrogen-bond acceptors (Lipinski definition) is 8. The highest BCUT2D eigenvalue weighted by molar-refractivity contribution is 8.00. The first-order valence-corrected chi connectivity index (χ1v) is 8.50. The van der Waals surface area contributed by atoms with Gasteiger partial charge in [0.05, 0.1) is 32.5 Å². The number of rotatable bonds is 7. The molecule has 26 heavy (non-hydrogen) atoms. The van der Waals surface area contributed by atoms with Crippen molar-refractivity contribution in [3.8, 4) is 11.5 Å². The Balaban J connectivity index is 1.55. The van der Waals surface area contributed by atoms with Crippen molar-refractivity contribution in [2.24, 2.45) is 5.10 Å². The second-order valence-electron chi connectivity index (χ2n) is 4.98. The summed E-state index contributed by atoms with van der Waals surface area (Å²) in [7, 11) is 3.12. The van der Waals surface area contributed by atoms with E-state index in [0.717, 1.165) is 5.56 Å². The molecular formula is C16H16N6O3S. The lowest BCUT2D eigenvalue weighted by Crippen LogP contribution is -2.19. The van der Waals surface area contributed by atoms with E-state index in [4.69, 9.17) is 9.47 Å². The van der Waals surface area contributed by atoms with Crippen LogP contribution in [-0.2, 0) is 4.79 Å². The van der Waals surface area contributed by atoms with E-state index in [2.05, 4.69) is 30.5 Å². The van der Waals surface area contributed by atoms with E-state index in [1.165, 1.54) is 30.6 Å². The molecule has 0 unspecified atom stereocenters. The third-order valence-corrected chi connectivity index (χ3v) is 4.33. The Bertz CT molecular complexity index is 943. The molecule has 0 radical (unpaired) electrons. The number of aromatic nitrogens is 4. The molecule has 0 fully saturated rings. The Labute approximate surface area is 153 Å². The van der Waals surface area contributed by atoms with Crippen LogP contribution < -0.4 is 14.9 Å². The summed E-state index contributed by atoms with van der Waals surface area (Å²) in [6, 6.07) is 5.34. The van der Waals surface area contributed by atoms with Gasteiger partial charge in [-0.2, -0.15) is 5.10 Å². The average molecular weight is 372 g/mol. The van der Waals surface area contributed by atoms with Crippen molar-refractivity contribution in [3.63, 3.8) is 0 Å². The maximum atomic E-state index is 11.9. The van der Waals surface area contributed by atoms with E-state index in [0.29, 0.717) is 27.7 Å². The van der Waals surface area contributed by atoms with Crippen molar-refractivity contribution in [3.05, 3.63) is 36.4 Å². The van der Waals surface area contributed by atoms with Crippen molar-refractivity contribution in [2.75, 3.05) is 20.0 Å². The van der Waals surface area contributed by atoms with E-state index >= 15 is 0 Å². The van der Waals surface area contributed by atoms with Crippen molar-refractivity contribution < 1.29 is 14.3 Å². The second-order valence-corrected chi connectivity index (χ2v) is 5.94. The highest BCUT2D eigenvalue weighted by Gasteiger charge is 2.09. The van der Waals surface area contributed by atoms with E-state index in [-0.39, 0.29) is 11.7 Å². The molecule has 0 bridgehead atoms. The predicted molar refractivity (Wildman–Crippen MR) is 97.7 cm³/mol. The molecular weight excluding hydrogens is 356 g/mol. The molecule has 0 aliphatic heterocycles. The van der Waals surface area contributed by atoms with Crippen LogP contribution >= 0.6 is 11.8 Å². The number of ether oxygens (including phenoxy) is 2. The summed E-state index contributed by atoms with van der Waals surface area (Å²) in [6.07, 6.45) is 4.48. The number of carbonyl (C=O) groups is 1. The number of benzene rings is 1. The summed E-state index contributed by atoms with van der Waals surface area (Å²) >= 11 is 1.28. The standard InChI is InChI=1S/C16H16N6O3S/c1-24-11-4-3-10(5-12(11)25-2)6-21-22-13(23)7-26-16-14-15(18-8-17-14)19-9-20-16/h3-6,8-9H,7H2,1-2H3,(H,22,23)(H,17,18,19,20)/b21-6-. The SMILES string of the molecule is COc1ccc(/C=N\NC(=O)CSc2ncnc3nc[nH]c23)cc1OC. The zero-order chi connectivity index (χ0) is 18.4. The number of carbonyl (C=O) groups excluding carboxylic acids is 1. The fourth-order valence-corrected chi connectivity index (χ4v) is 2.88. The Morgan fingerprint density at radius 1 is 1.27 bits per heavy atom. The molecule has 3 rings (SSSR count). The summed E-state index contributed by atoms with van der Waals surface area (Å²) in [5.74, 6) is 1.12. The number of nitrogens with one attached hydrogen (secondary N) is 2. The number of aromatic amines is 1. The van der Waals surface area contributed by atoms with Crippen molar-refractivity contribution >= 4 is 35.0 Å². The number of hydrazone groups is 1. The third kappa shape index (κ3) is 4.09. The lowest BCUT2D eigenvalue weighted by molar-refractivity contribution is -0.118. The van der Waals surface area contributed by atoms with Gasteiger partial charge in [0.1, 0.15) is 16.9 Å². The van der Waals surface area contributed by atoms with E-state index in [1.54, 1.807) is 26.4 Å². The quantitative estimate of drug-likeness (QED) is 0.280. The van der Waals surface area contributed by atoms with Crippen LogP contribution in [0.1, 0.15) is 5.56 Å². The first-order valence-electron chi connectivity index (χ1n) is 7.52. The number of amides is 1. The van der Waals surface area contributed by atoms with Crippen molar-refractivity contribution in [2.45, 2.75) is 5.03 Å². The number of thioether (sulfide) groups is 1. The molecule has 2 heterocycles. The predicted octanol–water partition coefficient (Wildman–Crippen LogP) is 1.61. The zero-order valence-electron chi connectivity index (χ0n) is 14.1. The summed E-state index contributed by atoms with van der Waals surface area (Å²) in [5, 5.41) is 4.61. The van der Waals surface area contributed by atoms with Gasteiger partial charge in [-0.05, 0) is 23.8 Å². The topological polar surface area (TPSA) is 114 Å². The summed E-state index contributed by atoms with van der Waals surface area (Å²) in [4.78, 5) is 27.1. The fourth-order valence-electron chi connectivity index (χ4n) is 2.13. The molecule has 0 atom stereocenters. The molecule has 0 saturated heterocycles. The minimum Gasteiger partial charge on any atom is -0.493 e. The van der Waals surface area contributed by atoms with Crippen LogP contribution in [-0.4, -0.2) is 52.0 Å². The van der Waals surface area contributed by atoms with Crippen LogP contribution in [0.4, 0.5) is 0 Å². The number of nitrogens with zero attached hydrogens (tertiary/aromatic N) is 4. The summed E-state index contributed by atoms with van der Waals surface area (Å²) in [5.41, 5.74) is 4.52. The lowest BCUT2D eigenvalue weighted by Gasteiger charge is -2.07. The largest absolute Gasteiger partial charge is 0.493 e. The number of fused-ring (bicyclic) bond motifs is 1. The molecule has 0 aliphatic rings. The number of imidazole rings is 1. The molecule has 2 N–H and O–H groups in total. The van der Waals surface area contributed by atoms with Gasteiger partial charge in [0.15, 0.2) is 17.1 Å². The van der Waals surface area contributed by atoms with Crippen LogP contribution in [0, 0.1) is 0 Å². The minimum absolute atomic E-state index is 0.161. The Hall–Kier alpha value is -3.14. The van der Waals surface area contributed by atoms with Crippen LogP contribution in [0.25, 0.3) is 11.2 Å². The van der Waals surface area contributed by atoms with E-state index in [1.807, 2.05) is 6.07 Å². The molecule has 134 valence electrons. The van der Waals surface area contributed by atoms with Gasteiger partial charge >= 0.3 is 0 Å². The third-order valence-electron chi connectivity index (χ3n) is 3.34. The highest BCUT2D eigenvalue weighted by Crippen LogP contribution is 2.26. The maximum absolute atomic E-state index is 11.9. The zero-order valence-corrected chi connectivity index (χ0v) is 14.9. The molecule has 0 spiro atoms. The van der Waals surface area contributed by atoms with Gasteiger partial charge in [-0.15, -0.1) is 0 Å². The number of methoxy groups -OCH3 is 2. The van der Waals surface area contributed by atoms with E-state index in [9.17, 15) is 4.79 Å². The van der Waals surface area contributed by atoms with Crippen molar-refractivity contribution in [1.82, 2.24) is 25.4 Å². The lowest BCUT2D eigenvalue weighted by atomic mass is 10.2. The first kappa shape index (κ1) is 17.7. The van der Waals surface area contributed by atoms with E-state index < -0.39 is 0 Å². The van der Waals surface area contributed by atoms with Crippen LogP contribution in [0.15, 0.2) is 41.0 Å². The average Bonchev–Trinajstić information content (AvgIpc) is 3.15. The Morgan fingerprint density at radius 3 is 2.92 bits per heavy atom. The summed E-state index contributed by atoms with van der Waals surface area (Å²) < 4.78 is 10.4. The molecule has 0 aliphatic carbocycles. The van der Waals surface area contributed by atoms with Crippen molar-refractivity contribution in [1.29, 1.82) is 0 Å². The van der Waals surface area contributed by atoms with Crippen LogP contribution in [0.3, 0.4) is 0 Å². The molecule has 9 nitrogen and oxygen atoms in total. The number of H-pyrrole nitrogens is 1. The Morgan fingerprint density at radius 2 is 2.12 bits per heavy atom. The fraction of sp³-hybridized carbons (Fsp3) is 0.188. The van der Waals surface area contributed by atoms with Crippen LogP contribution in [0.2, 0.25) is 0 Å². The summed E-state index contributed by atoms with van der Waals surface area (Å²) in [6.45, 7) is 0. The smallest absolute Gasteiger partial charge is 0.250 e. The van der Waals surface area contributed by atoms with Gasteiger partial charge in [0.2, 0.25) is 5.91 Å². The molecule has 3 aromatic rings. The Kier molecular flexibility index (Phi) is 5.64. The van der Waals surface area contributed by atoms with Gasteiger partial charge in [-0.3, -0.25) is 4.79 Å². The first-order chi connectivity index (χ1) is 12.7. The van der Waals surface area contributed by atoms with Gasteiger partial charge in [0.25, 0.3) is 0 Å². The second kappa shape index (κ2) is 8.30. The van der Waals surface area contributed by atoms with Gasteiger partial charge in [-0.25, -0.2) is 20.4 Å². The van der Waals surface area contributed by atoms with Crippen LogP contribution in [0.5, 0.6) is 11.5 Å². The van der Waals surface area contributed by atoms with Gasteiger partial charge < -0.3 is 14.5 Å². The maximum Gasteiger partial charge on any atom is 0.250 e. The molecule has 0 saturated carbocycles. The number of hydrogen-bond donors (Lipinski definition) is 2. The van der Waals surface area contributed by atoms with Gasteiger partial charge in [-0.1, -0.05) is 11.8 Å². The molecule has 1 amide bonds. The molecule has 10 heteroatoms. The van der Waals surface area contributed by atoms with Gasteiger partial charge in [0, 0.05) is 0 Å². The minimum atomic E-state index is -0.252. The monoisotopic (exact) mass is 372 g/mol. The highest BCUT2D eigenvalue weighted by atomic mass is 32.2. The molecule has 2 aromatic heterocycles.